The minimum atomic E-state index is 0.194. The fourth-order valence-electron chi connectivity index (χ4n) is 2.71. The van der Waals surface area contributed by atoms with E-state index < -0.39 is 0 Å². The van der Waals surface area contributed by atoms with Gasteiger partial charge in [-0.3, -0.25) is 4.68 Å². The summed E-state index contributed by atoms with van der Waals surface area (Å²) in [7, 11) is 2.00. The first kappa shape index (κ1) is 13.8. The van der Waals surface area contributed by atoms with E-state index >= 15 is 0 Å². The number of benzene rings is 1. The molecular weight excluding hydrogens is 234 g/mol. The normalized spacial score (nSPS) is 12.7. The highest BCUT2D eigenvalue weighted by Crippen LogP contribution is 2.24. The van der Waals surface area contributed by atoms with Gasteiger partial charge in [-0.2, -0.15) is 5.10 Å². The van der Waals surface area contributed by atoms with Crippen molar-refractivity contribution in [2.75, 3.05) is 7.05 Å². The van der Waals surface area contributed by atoms with Crippen LogP contribution < -0.4 is 5.32 Å². The third kappa shape index (κ3) is 2.87. The van der Waals surface area contributed by atoms with Gasteiger partial charge in [-0.15, -0.1) is 0 Å². The van der Waals surface area contributed by atoms with Crippen molar-refractivity contribution in [3.05, 3.63) is 52.3 Å². The van der Waals surface area contributed by atoms with Crippen molar-refractivity contribution in [1.82, 2.24) is 15.1 Å². The molecule has 1 N–H and O–H groups in total. The summed E-state index contributed by atoms with van der Waals surface area (Å²) in [5.41, 5.74) is 6.20. The van der Waals surface area contributed by atoms with Gasteiger partial charge in [0.15, 0.2) is 0 Å². The Morgan fingerprint density at radius 2 is 1.74 bits per heavy atom. The molecule has 0 aliphatic carbocycles. The van der Waals surface area contributed by atoms with Gasteiger partial charge >= 0.3 is 0 Å². The molecular formula is C16H23N3. The van der Waals surface area contributed by atoms with E-state index in [1.807, 2.05) is 14.0 Å². The summed E-state index contributed by atoms with van der Waals surface area (Å²) in [4.78, 5) is 0. The van der Waals surface area contributed by atoms with E-state index in [-0.39, 0.29) is 6.04 Å². The minimum absolute atomic E-state index is 0.194. The van der Waals surface area contributed by atoms with Crippen molar-refractivity contribution >= 4 is 0 Å². The lowest BCUT2D eigenvalue weighted by Gasteiger charge is -2.19. The van der Waals surface area contributed by atoms with Crippen LogP contribution in [0.5, 0.6) is 0 Å². The van der Waals surface area contributed by atoms with Crippen LogP contribution in [0, 0.1) is 20.8 Å². The molecule has 0 amide bonds. The van der Waals surface area contributed by atoms with Gasteiger partial charge in [0.2, 0.25) is 0 Å². The molecule has 0 aliphatic rings. The predicted octanol–water partition coefficient (Wildman–Crippen LogP) is 3.14. The number of hydrogen-bond donors (Lipinski definition) is 1. The molecule has 1 heterocycles. The van der Waals surface area contributed by atoms with Crippen molar-refractivity contribution < 1.29 is 0 Å². The van der Waals surface area contributed by atoms with Gasteiger partial charge in [0.1, 0.15) is 0 Å². The fraction of sp³-hybridized carbons (Fsp3) is 0.438. The highest BCUT2D eigenvalue weighted by atomic mass is 15.3. The molecule has 2 rings (SSSR count). The second kappa shape index (κ2) is 5.57. The van der Waals surface area contributed by atoms with Gasteiger partial charge < -0.3 is 5.32 Å². The smallest absolute Gasteiger partial charge is 0.0746 e. The van der Waals surface area contributed by atoms with Crippen LogP contribution in [0.3, 0.4) is 0 Å². The molecule has 0 aliphatic heterocycles. The van der Waals surface area contributed by atoms with Crippen LogP contribution in [0.2, 0.25) is 0 Å². The van der Waals surface area contributed by atoms with Gasteiger partial charge in [-0.25, -0.2) is 0 Å². The zero-order valence-electron chi connectivity index (χ0n) is 12.5. The van der Waals surface area contributed by atoms with E-state index in [4.69, 9.17) is 0 Å². The molecule has 1 aromatic heterocycles. The maximum atomic E-state index is 4.55. The molecule has 0 bridgehead atoms. The third-order valence-electron chi connectivity index (χ3n) is 3.39. The Morgan fingerprint density at radius 3 is 2.26 bits per heavy atom. The van der Waals surface area contributed by atoms with E-state index in [1.165, 1.54) is 22.4 Å². The van der Waals surface area contributed by atoms with E-state index in [0.29, 0.717) is 0 Å². The van der Waals surface area contributed by atoms with Crippen molar-refractivity contribution in [2.45, 2.75) is 40.3 Å². The molecule has 19 heavy (non-hydrogen) atoms. The first-order valence-corrected chi connectivity index (χ1v) is 6.85. The topological polar surface area (TPSA) is 29.9 Å². The zero-order chi connectivity index (χ0) is 14.0. The zero-order valence-corrected chi connectivity index (χ0v) is 12.5. The number of hydrogen-bond acceptors (Lipinski definition) is 2. The Balaban J connectivity index is 2.49. The number of aromatic nitrogens is 2. The average Bonchev–Trinajstić information content (AvgIpc) is 2.70. The summed E-state index contributed by atoms with van der Waals surface area (Å²) < 4.78 is 2.08. The van der Waals surface area contributed by atoms with E-state index in [1.54, 1.807) is 0 Å². The Kier molecular flexibility index (Phi) is 4.05. The average molecular weight is 257 g/mol. The maximum Gasteiger partial charge on any atom is 0.0746 e. The van der Waals surface area contributed by atoms with Crippen molar-refractivity contribution in [3.8, 4) is 0 Å². The van der Waals surface area contributed by atoms with Crippen LogP contribution in [0.25, 0.3) is 0 Å². The molecule has 102 valence electrons. The van der Waals surface area contributed by atoms with Gasteiger partial charge in [-0.05, 0) is 46.4 Å². The largest absolute Gasteiger partial charge is 0.308 e. The van der Waals surface area contributed by atoms with Gasteiger partial charge in [0.05, 0.1) is 17.4 Å². The number of aryl methyl sites for hydroxylation is 4. The molecule has 2 aromatic rings. The summed E-state index contributed by atoms with van der Waals surface area (Å²) in [6.07, 6.45) is 0. The van der Waals surface area contributed by atoms with Gasteiger partial charge in [0, 0.05) is 6.54 Å². The monoisotopic (exact) mass is 257 g/mol. The summed E-state index contributed by atoms with van der Waals surface area (Å²) in [5, 5.41) is 7.96. The molecule has 0 saturated heterocycles. The summed E-state index contributed by atoms with van der Waals surface area (Å²) in [5.74, 6) is 0. The number of rotatable bonds is 4. The van der Waals surface area contributed by atoms with Crippen LogP contribution >= 0.6 is 0 Å². The molecule has 1 atom stereocenters. The second-order valence-corrected chi connectivity index (χ2v) is 5.17. The molecule has 0 fully saturated rings. The van der Waals surface area contributed by atoms with Crippen molar-refractivity contribution in [3.63, 3.8) is 0 Å². The maximum absolute atomic E-state index is 4.55. The molecule has 0 spiro atoms. The summed E-state index contributed by atoms with van der Waals surface area (Å²) >= 11 is 0. The standard InChI is InChI=1S/C16H23N3/c1-6-19-15(10-13(4)18-19)16(17-5)14-8-11(2)7-12(3)9-14/h7-10,16-17H,6H2,1-5H3. The second-order valence-electron chi connectivity index (χ2n) is 5.17. The van der Waals surface area contributed by atoms with E-state index in [0.717, 1.165) is 12.2 Å². The van der Waals surface area contributed by atoms with Crippen LogP contribution in [0.15, 0.2) is 24.3 Å². The highest BCUT2D eigenvalue weighted by Gasteiger charge is 2.17. The molecule has 0 radical (unpaired) electrons. The van der Waals surface area contributed by atoms with E-state index in [2.05, 4.69) is 60.1 Å². The highest BCUT2D eigenvalue weighted by molar-refractivity contribution is 5.35. The lowest BCUT2D eigenvalue weighted by atomic mass is 9.99. The number of nitrogens with one attached hydrogen (secondary N) is 1. The van der Waals surface area contributed by atoms with Crippen molar-refractivity contribution in [2.24, 2.45) is 0 Å². The number of nitrogens with zero attached hydrogens (tertiary/aromatic N) is 2. The third-order valence-corrected chi connectivity index (χ3v) is 3.39. The summed E-state index contributed by atoms with van der Waals surface area (Å²) in [6, 6.07) is 9.06. The summed E-state index contributed by atoms with van der Waals surface area (Å²) in [6.45, 7) is 9.36. The Morgan fingerprint density at radius 1 is 1.11 bits per heavy atom. The Labute approximate surface area is 115 Å². The fourth-order valence-corrected chi connectivity index (χ4v) is 2.71. The molecule has 3 nitrogen and oxygen atoms in total. The molecule has 0 saturated carbocycles. The first-order valence-electron chi connectivity index (χ1n) is 6.85. The van der Waals surface area contributed by atoms with Gasteiger partial charge in [-0.1, -0.05) is 29.3 Å². The van der Waals surface area contributed by atoms with Crippen molar-refractivity contribution in [1.29, 1.82) is 0 Å². The molecule has 3 heteroatoms. The van der Waals surface area contributed by atoms with Crippen LogP contribution in [-0.4, -0.2) is 16.8 Å². The van der Waals surface area contributed by atoms with Crippen LogP contribution in [0.1, 0.15) is 41.0 Å². The lowest BCUT2D eigenvalue weighted by molar-refractivity contribution is 0.561. The lowest BCUT2D eigenvalue weighted by Crippen LogP contribution is -2.21. The van der Waals surface area contributed by atoms with Crippen LogP contribution in [-0.2, 0) is 6.54 Å². The Hall–Kier alpha value is -1.61. The van der Waals surface area contributed by atoms with Gasteiger partial charge in [0.25, 0.3) is 0 Å². The van der Waals surface area contributed by atoms with E-state index in [9.17, 15) is 0 Å². The minimum Gasteiger partial charge on any atom is -0.308 e. The van der Waals surface area contributed by atoms with Crippen LogP contribution in [0.4, 0.5) is 0 Å². The molecule has 1 unspecified atom stereocenters. The Bertz CT molecular complexity index is 549. The quantitative estimate of drug-likeness (QED) is 0.912. The molecule has 1 aromatic carbocycles. The SMILES string of the molecule is CCn1nc(C)cc1C(NC)c1cc(C)cc(C)c1. The predicted molar refractivity (Wildman–Crippen MR) is 79.5 cm³/mol. The first-order chi connectivity index (χ1) is 9.05.